The van der Waals surface area contributed by atoms with Gasteiger partial charge in [-0.15, -0.1) is 0 Å². The van der Waals surface area contributed by atoms with Gasteiger partial charge < -0.3 is 14.0 Å². The number of ether oxygens (including phenoxy) is 2. The van der Waals surface area contributed by atoms with Gasteiger partial charge in [-0.25, -0.2) is 0 Å². The third kappa shape index (κ3) is 4.31. The largest absolute Gasteiger partial charge is 0.493 e. The van der Waals surface area contributed by atoms with Crippen molar-refractivity contribution >= 4 is 28.2 Å². The number of nitrogens with zero attached hydrogens (tertiary/aromatic N) is 1. The van der Waals surface area contributed by atoms with Crippen molar-refractivity contribution in [2.45, 2.75) is 33.2 Å². The number of benzene rings is 1. The highest BCUT2D eigenvalue weighted by Gasteiger charge is 2.10. The maximum absolute atomic E-state index is 5.41. The lowest BCUT2D eigenvalue weighted by Gasteiger charge is -2.13. The standard InChI is InChI=1S/C19H24INO2/c1-5-14(2)17-9-7-11-21(17)10-6-8-15-12-18(22-3)19(23-4)13-16(15)20/h5,7,9,11-13H,6,8,10H2,1-4H3/b14-5+. The Balaban J connectivity index is 2.06. The summed E-state index contributed by atoms with van der Waals surface area (Å²) in [4.78, 5) is 0. The number of hydrogen-bond donors (Lipinski definition) is 0. The summed E-state index contributed by atoms with van der Waals surface area (Å²) >= 11 is 2.37. The van der Waals surface area contributed by atoms with Crippen LogP contribution in [0.2, 0.25) is 0 Å². The third-order valence-corrected chi connectivity index (χ3v) is 5.07. The second-order valence-electron chi connectivity index (χ2n) is 5.46. The van der Waals surface area contributed by atoms with E-state index in [0.29, 0.717) is 0 Å². The fraction of sp³-hybridized carbons (Fsp3) is 0.368. The molecule has 0 radical (unpaired) electrons. The van der Waals surface area contributed by atoms with Crippen molar-refractivity contribution in [1.29, 1.82) is 0 Å². The minimum atomic E-state index is 0.789. The van der Waals surface area contributed by atoms with Gasteiger partial charge in [-0.2, -0.15) is 0 Å². The van der Waals surface area contributed by atoms with Gasteiger partial charge in [0.05, 0.1) is 14.2 Å². The maximum atomic E-state index is 5.41. The first-order valence-electron chi connectivity index (χ1n) is 7.79. The number of aryl methyl sites for hydroxylation is 2. The molecule has 1 heterocycles. The van der Waals surface area contributed by atoms with E-state index in [9.17, 15) is 0 Å². The molecule has 0 bridgehead atoms. The monoisotopic (exact) mass is 425 g/mol. The summed E-state index contributed by atoms with van der Waals surface area (Å²) in [5.41, 5.74) is 3.92. The van der Waals surface area contributed by atoms with E-state index in [1.165, 1.54) is 20.4 Å². The number of allylic oxidation sites excluding steroid dienone is 2. The molecule has 0 aliphatic carbocycles. The quantitative estimate of drug-likeness (QED) is 0.572. The smallest absolute Gasteiger partial charge is 0.161 e. The Bertz CT molecular complexity index is 689. The van der Waals surface area contributed by atoms with Gasteiger partial charge in [0, 0.05) is 22.0 Å². The Labute approximate surface area is 152 Å². The van der Waals surface area contributed by atoms with Gasteiger partial charge in [-0.1, -0.05) is 6.08 Å². The molecular weight excluding hydrogens is 401 g/mol. The van der Waals surface area contributed by atoms with Crippen LogP contribution >= 0.6 is 22.6 Å². The highest BCUT2D eigenvalue weighted by molar-refractivity contribution is 14.1. The highest BCUT2D eigenvalue weighted by atomic mass is 127. The minimum absolute atomic E-state index is 0.789. The molecule has 1 aromatic heterocycles. The molecule has 0 atom stereocenters. The first kappa shape index (κ1) is 17.9. The van der Waals surface area contributed by atoms with Crippen LogP contribution in [0, 0.1) is 3.57 Å². The second kappa shape index (κ2) is 8.43. The predicted octanol–water partition coefficient (Wildman–Crippen LogP) is 5.17. The Morgan fingerprint density at radius 2 is 1.91 bits per heavy atom. The molecule has 0 aliphatic heterocycles. The van der Waals surface area contributed by atoms with Gasteiger partial charge in [-0.05, 0) is 84.7 Å². The normalized spacial score (nSPS) is 11.6. The molecule has 4 heteroatoms. The molecule has 2 aromatic rings. The summed E-state index contributed by atoms with van der Waals surface area (Å²) in [5.74, 6) is 1.59. The zero-order valence-electron chi connectivity index (χ0n) is 14.2. The van der Waals surface area contributed by atoms with Crippen LogP contribution in [-0.2, 0) is 13.0 Å². The van der Waals surface area contributed by atoms with E-state index < -0.39 is 0 Å². The van der Waals surface area contributed by atoms with Crippen molar-refractivity contribution in [2.75, 3.05) is 14.2 Å². The van der Waals surface area contributed by atoms with Crippen molar-refractivity contribution in [3.05, 3.63) is 51.4 Å². The Morgan fingerprint density at radius 1 is 1.22 bits per heavy atom. The lowest BCUT2D eigenvalue weighted by molar-refractivity contribution is 0.354. The molecule has 0 aliphatic rings. The zero-order valence-corrected chi connectivity index (χ0v) is 16.4. The lowest BCUT2D eigenvalue weighted by atomic mass is 10.1. The van der Waals surface area contributed by atoms with E-state index in [1.54, 1.807) is 14.2 Å². The molecule has 23 heavy (non-hydrogen) atoms. The minimum Gasteiger partial charge on any atom is -0.493 e. The van der Waals surface area contributed by atoms with Gasteiger partial charge in [0.2, 0.25) is 0 Å². The van der Waals surface area contributed by atoms with E-state index >= 15 is 0 Å². The highest BCUT2D eigenvalue weighted by Crippen LogP contribution is 2.32. The van der Waals surface area contributed by atoms with Gasteiger partial charge in [0.1, 0.15) is 0 Å². The van der Waals surface area contributed by atoms with Crippen molar-refractivity contribution < 1.29 is 9.47 Å². The average Bonchev–Trinajstić information content (AvgIpc) is 3.03. The molecule has 0 saturated heterocycles. The van der Waals surface area contributed by atoms with E-state index in [-0.39, 0.29) is 0 Å². The first-order valence-corrected chi connectivity index (χ1v) is 8.87. The van der Waals surface area contributed by atoms with E-state index in [4.69, 9.17) is 9.47 Å². The summed E-state index contributed by atoms with van der Waals surface area (Å²) in [6, 6.07) is 8.42. The zero-order chi connectivity index (χ0) is 16.8. The number of rotatable bonds is 7. The van der Waals surface area contributed by atoms with Gasteiger partial charge in [0.15, 0.2) is 11.5 Å². The Kier molecular flexibility index (Phi) is 6.57. The molecule has 124 valence electrons. The van der Waals surface area contributed by atoms with Crippen molar-refractivity contribution in [3.8, 4) is 11.5 Å². The molecule has 1 aromatic carbocycles. The fourth-order valence-corrected chi connectivity index (χ4v) is 3.35. The maximum Gasteiger partial charge on any atom is 0.161 e. The van der Waals surface area contributed by atoms with Crippen LogP contribution in [0.5, 0.6) is 11.5 Å². The number of aromatic nitrogens is 1. The van der Waals surface area contributed by atoms with Crippen LogP contribution in [0.1, 0.15) is 31.5 Å². The van der Waals surface area contributed by atoms with Gasteiger partial charge in [-0.3, -0.25) is 0 Å². The SMILES string of the molecule is C/C=C(\C)c1cccn1CCCc1cc(OC)c(OC)cc1I. The molecule has 0 N–H and O–H groups in total. The molecule has 0 amide bonds. The number of hydrogen-bond acceptors (Lipinski definition) is 2. The molecule has 0 saturated carbocycles. The average molecular weight is 425 g/mol. The van der Waals surface area contributed by atoms with Crippen LogP contribution in [0.25, 0.3) is 5.57 Å². The predicted molar refractivity (Wildman–Crippen MR) is 104 cm³/mol. The van der Waals surface area contributed by atoms with E-state index in [1.807, 2.05) is 6.07 Å². The summed E-state index contributed by atoms with van der Waals surface area (Å²) in [7, 11) is 3.35. The molecule has 0 fully saturated rings. The molecule has 0 unspecified atom stereocenters. The molecule has 2 rings (SSSR count). The van der Waals surface area contributed by atoms with Crippen molar-refractivity contribution in [2.24, 2.45) is 0 Å². The summed E-state index contributed by atoms with van der Waals surface area (Å²) in [6.07, 6.45) is 6.42. The fourth-order valence-electron chi connectivity index (χ4n) is 2.64. The van der Waals surface area contributed by atoms with Gasteiger partial charge >= 0.3 is 0 Å². The number of methoxy groups -OCH3 is 2. The first-order chi connectivity index (χ1) is 11.1. The van der Waals surface area contributed by atoms with Crippen LogP contribution in [0.15, 0.2) is 36.5 Å². The molecule has 0 spiro atoms. The van der Waals surface area contributed by atoms with Crippen LogP contribution in [0.3, 0.4) is 0 Å². The van der Waals surface area contributed by atoms with Crippen LogP contribution in [-0.4, -0.2) is 18.8 Å². The van der Waals surface area contributed by atoms with E-state index in [2.05, 4.69) is 71.5 Å². The van der Waals surface area contributed by atoms with Crippen LogP contribution < -0.4 is 9.47 Å². The molecule has 3 nitrogen and oxygen atoms in total. The number of halogens is 1. The summed E-state index contributed by atoms with van der Waals surface area (Å²) in [5, 5.41) is 0. The lowest BCUT2D eigenvalue weighted by Crippen LogP contribution is -2.03. The second-order valence-corrected chi connectivity index (χ2v) is 6.62. The van der Waals surface area contributed by atoms with E-state index in [0.717, 1.165) is 30.9 Å². The third-order valence-electron chi connectivity index (χ3n) is 4.06. The topological polar surface area (TPSA) is 23.4 Å². The van der Waals surface area contributed by atoms with Crippen molar-refractivity contribution in [1.82, 2.24) is 4.57 Å². The summed E-state index contributed by atoms with van der Waals surface area (Å²) < 4.78 is 14.3. The summed E-state index contributed by atoms with van der Waals surface area (Å²) in [6.45, 7) is 5.25. The van der Waals surface area contributed by atoms with Crippen molar-refractivity contribution in [3.63, 3.8) is 0 Å². The molecular formula is C19H24INO2. The van der Waals surface area contributed by atoms with Gasteiger partial charge in [0.25, 0.3) is 0 Å². The van der Waals surface area contributed by atoms with Crippen LogP contribution in [0.4, 0.5) is 0 Å². The Morgan fingerprint density at radius 3 is 2.57 bits per heavy atom. The Hall–Kier alpha value is -1.43.